The van der Waals surface area contributed by atoms with Gasteiger partial charge in [0.1, 0.15) is 18.8 Å². The molecule has 0 unspecified atom stereocenters. The van der Waals surface area contributed by atoms with Crippen molar-refractivity contribution in [2.75, 3.05) is 13.7 Å². The first kappa shape index (κ1) is 12.8. The van der Waals surface area contributed by atoms with Crippen molar-refractivity contribution in [2.24, 2.45) is 5.73 Å². The number of carbonyl (C=O) groups excluding carboxylic acids is 1. The van der Waals surface area contributed by atoms with E-state index in [1.54, 1.807) is 0 Å². The summed E-state index contributed by atoms with van der Waals surface area (Å²) in [6.45, 7) is 3.60. The Kier molecular flexibility index (Phi) is 3.40. The molecule has 1 aliphatic heterocycles. The molecule has 1 aliphatic carbocycles. The van der Waals surface area contributed by atoms with Gasteiger partial charge in [0, 0.05) is 6.04 Å². The second-order valence-electron chi connectivity index (χ2n) is 4.89. The molecule has 0 aromatic carbocycles. The lowest BCUT2D eigenvalue weighted by atomic mass is 10.2. The molecule has 17 heavy (non-hydrogen) atoms. The Labute approximate surface area is 100 Å². The van der Waals surface area contributed by atoms with Gasteiger partial charge in [-0.25, -0.2) is 4.79 Å². The van der Waals surface area contributed by atoms with Crippen molar-refractivity contribution in [3.8, 4) is 0 Å². The SMILES string of the molecule is COC(=O)CO[C@H]1C[C@@H](N)[C@@H]2OC(C)(C)O[C@@H]21. The molecule has 2 rings (SSSR count). The van der Waals surface area contributed by atoms with Gasteiger partial charge in [-0.1, -0.05) is 0 Å². The maximum Gasteiger partial charge on any atom is 0.331 e. The highest BCUT2D eigenvalue weighted by Crippen LogP contribution is 2.38. The highest BCUT2D eigenvalue weighted by atomic mass is 16.8. The maximum atomic E-state index is 11.0. The van der Waals surface area contributed by atoms with Gasteiger partial charge in [-0.15, -0.1) is 0 Å². The van der Waals surface area contributed by atoms with Crippen LogP contribution in [-0.4, -0.2) is 49.8 Å². The van der Waals surface area contributed by atoms with Gasteiger partial charge in [0.25, 0.3) is 0 Å². The largest absolute Gasteiger partial charge is 0.467 e. The lowest BCUT2D eigenvalue weighted by Crippen LogP contribution is -2.35. The third kappa shape index (κ3) is 2.60. The average Bonchev–Trinajstić information content (AvgIpc) is 2.71. The van der Waals surface area contributed by atoms with E-state index in [9.17, 15) is 4.79 Å². The van der Waals surface area contributed by atoms with Crippen LogP contribution in [0.25, 0.3) is 0 Å². The fraction of sp³-hybridized carbons (Fsp3) is 0.909. The number of hydrogen-bond donors (Lipinski definition) is 1. The molecule has 0 aromatic rings. The van der Waals surface area contributed by atoms with Crippen molar-refractivity contribution in [2.45, 2.75) is 50.4 Å². The predicted molar refractivity (Wildman–Crippen MR) is 58.2 cm³/mol. The minimum absolute atomic E-state index is 0.0824. The van der Waals surface area contributed by atoms with Gasteiger partial charge in [0.15, 0.2) is 5.79 Å². The van der Waals surface area contributed by atoms with Crippen LogP contribution in [0.3, 0.4) is 0 Å². The molecule has 0 bridgehead atoms. The van der Waals surface area contributed by atoms with Gasteiger partial charge in [-0.3, -0.25) is 0 Å². The summed E-state index contributed by atoms with van der Waals surface area (Å²) in [5.74, 6) is -1.04. The molecule has 0 aromatic heterocycles. The van der Waals surface area contributed by atoms with E-state index in [0.717, 1.165) is 0 Å². The van der Waals surface area contributed by atoms with E-state index in [4.69, 9.17) is 19.9 Å². The quantitative estimate of drug-likeness (QED) is 0.693. The van der Waals surface area contributed by atoms with Crippen molar-refractivity contribution in [1.82, 2.24) is 0 Å². The van der Waals surface area contributed by atoms with E-state index in [1.807, 2.05) is 13.8 Å². The van der Waals surface area contributed by atoms with Crippen LogP contribution in [0.5, 0.6) is 0 Å². The van der Waals surface area contributed by atoms with Crippen LogP contribution in [0.15, 0.2) is 0 Å². The normalized spacial score (nSPS) is 39.1. The first-order valence-corrected chi connectivity index (χ1v) is 5.72. The van der Waals surface area contributed by atoms with Crippen LogP contribution in [0.4, 0.5) is 0 Å². The summed E-state index contributed by atoms with van der Waals surface area (Å²) in [5, 5.41) is 0. The molecule has 0 spiro atoms. The van der Waals surface area contributed by atoms with Gasteiger partial charge in [0.2, 0.25) is 0 Å². The van der Waals surface area contributed by atoms with Crippen molar-refractivity contribution in [1.29, 1.82) is 0 Å². The minimum Gasteiger partial charge on any atom is -0.467 e. The zero-order valence-electron chi connectivity index (χ0n) is 10.3. The molecule has 6 heteroatoms. The summed E-state index contributed by atoms with van der Waals surface area (Å²) < 4.78 is 21.4. The van der Waals surface area contributed by atoms with E-state index in [2.05, 4.69) is 4.74 Å². The lowest BCUT2D eigenvalue weighted by Gasteiger charge is -2.22. The molecule has 0 radical (unpaired) electrons. The standard InChI is InChI=1S/C11H19NO5/c1-11(2)16-9-6(12)4-7(10(9)17-11)15-5-8(13)14-3/h6-7,9-10H,4-5,12H2,1-3H3/t6-,7+,9+,10-/m1/s1. The maximum absolute atomic E-state index is 11.0. The molecule has 6 nitrogen and oxygen atoms in total. The highest BCUT2D eigenvalue weighted by molar-refractivity contribution is 5.70. The summed E-state index contributed by atoms with van der Waals surface area (Å²) in [7, 11) is 1.33. The van der Waals surface area contributed by atoms with E-state index >= 15 is 0 Å². The van der Waals surface area contributed by atoms with Crippen LogP contribution in [0.1, 0.15) is 20.3 Å². The number of ether oxygens (including phenoxy) is 4. The Morgan fingerprint density at radius 3 is 2.71 bits per heavy atom. The van der Waals surface area contributed by atoms with Crippen LogP contribution in [-0.2, 0) is 23.7 Å². The Balaban J connectivity index is 1.94. The second kappa shape index (κ2) is 4.53. The fourth-order valence-electron chi connectivity index (χ4n) is 2.37. The summed E-state index contributed by atoms with van der Waals surface area (Å²) in [4.78, 5) is 11.0. The van der Waals surface area contributed by atoms with E-state index < -0.39 is 11.8 Å². The third-order valence-electron chi connectivity index (χ3n) is 3.10. The summed E-state index contributed by atoms with van der Waals surface area (Å²) >= 11 is 0. The second-order valence-corrected chi connectivity index (χ2v) is 4.89. The number of rotatable bonds is 3. The Bertz CT molecular complexity index is 306. The lowest BCUT2D eigenvalue weighted by molar-refractivity contribution is -0.171. The average molecular weight is 245 g/mol. The molecule has 2 N–H and O–H groups in total. The topological polar surface area (TPSA) is 80.0 Å². The van der Waals surface area contributed by atoms with Crippen LogP contribution >= 0.6 is 0 Å². The zero-order valence-corrected chi connectivity index (χ0v) is 10.3. The fourth-order valence-corrected chi connectivity index (χ4v) is 2.37. The van der Waals surface area contributed by atoms with Gasteiger partial charge in [-0.2, -0.15) is 0 Å². The van der Waals surface area contributed by atoms with E-state index in [1.165, 1.54) is 7.11 Å². The molecule has 2 fully saturated rings. The number of hydrogen-bond acceptors (Lipinski definition) is 6. The highest BCUT2D eigenvalue weighted by Gasteiger charge is 2.53. The van der Waals surface area contributed by atoms with Crippen molar-refractivity contribution in [3.63, 3.8) is 0 Å². The molecular weight excluding hydrogens is 226 g/mol. The van der Waals surface area contributed by atoms with Crippen molar-refractivity contribution >= 4 is 5.97 Å². The Morgan fingerprint density at radius 2 is 2.06 bits per heavy atom. The zero-order chi connectivity index (χ0) is 12.6. The smallest absolute Gasteiger partial charge is 0.331 e. The van der Waals surface area contributed by atoms with Crippen molar-refractivity contribution in [3.05, 3.63) is 0 Å². The molecule has 0 amide bonds. The molecule has 1 saturated carbocycles. The summed E-state index contributed by atoms with van der Waals surface area (Å²) in [6.07, 6.45) is 0.0516. The first-order valence-electron chi connectivity index (χ1n) is 5.72. The minimum atomic E-state index is -0.639. The van der Waals surface area contributed by atoms with Gasteiger partial charge >= 0.3 is 5.97 Å². The molecule has 1 saturated heterocycles. The van der Waals surface area contributed by atoms with E-state index in [0.29, 0.717) is 6.42 Å². The van der Waals surface area contributed by atoms with Crippen LogP contribution < -0.4 is 5.73 Å². The number of esters is 1. The van der Waals surface area contributed by atoms with Crippen LogP contribution in [0, 0.1) is 0 Å². The number of methoxy groups -OCH3 is 1. The van der Waals surface area contributed by atoms with Crippen molar-refractivity contribution < 1.29 is 23.7 Å². The van der Waals surface area contributed by atoms with E-state index in [-0.39, 0.29) is 31.0 Å². The first-order chi connectivity index (χ1) is 7.93. The molecule has 4 atom stereocenters. The Hall–Kier alpha value is -0.690. The number of fused-ring (bicyclic) bond motifs is 1. The monoisotopic (exact) mass is 245 g/mol. The van der Waals surface area contributed by atoms with Crippen LogP contribution in [0.2, 0.25) is 0 Å². The summed E-state index contributed by atoms with van der Waals surface area (Å²) in [6, 6.07) is -0.121. The number of carbonyl (C=O) groups is 1. The van der Waals surface area contributed by atoms with Gasteiger partial charge < -0.3 is 24.7 Å². The summed E-state index contributed by atoms with van der Waals surface area (Å²) in [5.41, 5.74) is 5.97. The number of nitrogens with two attached hydrogens (primary N) is 1. The molecule has 1 heterocycles. The molecule has 2 aliphatic rings. The Morgan fingerprint density at radius 1 is 1.41 bits per heavy atom. The molecular formula is C11H19NO5. The third-order valence-corrected chi connectivity index (χ3v) is 3.10. The van der Waals surface area contributed by atoms with Gasteiger partial charge in [0.05, 0.1) is 13.2 Å². The van der Waals surface area contributed by atoms with Gasteiger partial charge in [-0.05, 0) is 20.3 Å². The molecule has 98 valence electrons. The predicted octanol–water partition coefficient (Wildman–Crippen LogP) is -0.204.